The molecule has 0 fully saturated rings. The largest absolute Gasteiger partial charge is 0.347 e. The van der Waals surface area contributed by atoms with Crippen LogP contribution in [0, 0.1) is 5.41 Å². The Hall–Kier alpha value is -2.37. The average Bonchev–Trinajstić information content (AvgIpc) is 2.80. The van der Waals surface area contributed by atoms with Crippen LogP contribution in [0.1, 0.15) is 33.5 Å². The number of amides is 2. The maximum atomic E-state index is 12.1. The van der Waals surface area contributed by atoms with E-state index in [4.69, 9.17) is 0 Å². The van der Waals surface area contributed by atoms with Crippen molar-refractivity contribution in [2.45, 2.75) is 40.3 Å². The van der Waals surface area contributed by atoms with E-state index in [-0.39, 0.29) is 11.8 Å². The second-order valence-electron chi connectivity index (χ2n) is 6.74. The van der Waals surface area contributed by atoms with Gasteiger partial charge in [-0.3, -0.25) is 9.59 Å². The first-order chi connectivity index (χ1) is 10.7. The minimum Gasteiger partial charge on any atom is -0.347 e. The molecule has 1 atom stereocenters. The predicted molar refractivity (Wildman–Crippen MR) is 89.6 cm³/mol. The van der Waals surface area contributed by atoms with Crippen LogP contribution in [0.5, 0.6) is 0 Å². The topological polar surface area (TPSA) is 76.0 Å². The highest BCUT2D eigenvalue weighted by molar-refractivity contribution is 5.89. The van der Waals surface area contributed by atoms with Crippen LogP contribution in [-0.2, 0) is 23.2 Å². The molecule has 1 aromatic carbocycles. The molecule has 0 saturated heterocycles. The molecule has 23 heavy (non-hydrogen) atoms. The van der Waals surface area contributed by atoms with Crippen molar-refractivity contribution < 1.29 is 9.59 Å². The van der Waals surface area contributed by atoms with Crippen LogP contribution in [-0.4, -0.2) is 27.4 Å². The van der Waals surface area contributed by atoms with Gasteiger partial charge in [0.2, 0.25) is 11.8 Å². The summed E-state index contributed by atoms with van der Waals surface area (Å²) in [7, 11) is 1.92. The monoisotopic (exact) mass is 316 g/mol. The SMILES string of the molecule is CC(NC(=O)C(C)(C)C)C(=O)NCc1nc2ccccc2n1C. The lowest BCUT2D eigenvalue weighted by Crippen LogP contribution is -2.48. The Morgan fingerprint density at radius 2 is 1.91 bits per heavy atom. The Morgan fingerprint density at radius 3 is 2.52 bits per heavy atom. The summed E-state index contributed by atoms with van der Waals surface area (Å²) in [4.78, 5) is 28.6. The zero-order valence-corrected chi connectivity index (χ0v) is 14.3. The van der Waals surface area contributed by atoms with Gasteiger partial charge in [0, 0.05) is 12.5 Å². The van der Waals surface area contributed by atoms with Crippen LogP contribution in [0.3, 0.4) is 0 Å². The Kier molecular flexibility index (Phi) is 4.73. The van der Waals surface area contributed by atoms with Gasteiger partial charge in [-0.25, -0.2) is 4.98 Å². The summed E-state index contributed by atoms with van der Waals surface area (Å²) in [6.07, 6.45) is 0. The van der Waals surface area contributed by atoms with Crippen LogP contribution in [0.4, 0.5) is 0 Å². The van der Waals surface area contributed by atoms with E-state index >= 15 is 0 Å². The first-order valence-corrected chi connectivity index (χ1v) is 7.69. The molecule has 0 spiro atoms. The first-order valence-electron chi connectivity index (χ1n) is 7.69. The highest BCUT2D eigenvalue weighted by Crippen LogP contribution is 2.14. The quantitative estimate of drug-likeness (QED) is 0.902. The highest BCUT2D eigenvalue weighted by Gasteiger charge is 2.25. The Morgan fingerprint density at radius 1 is 1.26 bits per heavy atom. The molecule has 6 heteroatoms. The number of aromatic nitrogens is 2. The molecule has 0 aliphatic heterocycles. The van der Waals surface area contributed by atoms with E-state index in [9.17, 15) is 9.59 Å². The Labute approximate surface area is 136 Å². The van der Waals surface area contributed by atoms with E-state index in [2.05, 4.69) is 15.6 Å². The van der Waals surface area contributed by atoms with Gasteiger partial charge in [-0.05, 0) is 19.1 Å². The first kappa shape index (κ1) is 17.0. The lowest BCUT2D eigenvalue weighted by atomic mass is 9.95. The minimum absolute atomic E-state index is 0.150. The lowest BCUT2D eigenvalue weighted by Gasteiger charge is -2.21. The van der Waals surface area contributed by atoms with Crippen molar-refractivity contribution in [3.05, 3.63) is 30.1 Å². The molecule has 0 bridgehead atoms. The molecule has 2 N–H and O–H groups in total. The number of aryl methyl sites for hydroxylation is 1. The molecule has 0 saturated carbocycles. The van der Waals surface area contributed by atoms with Gasteiger partial charge in [0.1, 0.15) is 11.9 Å². The van der Waals surface area contributed by atoms with Gasteiger partial charge < -0.3 is 15.2 Å². The number of carbonyl (C=O) groups excluding carboxylic acids is 2. The predicted octanol–water partition coefficient (Wildman–Crippen LogP) is 1.74. The third-order valence-electron chi connectivity index (χ3n) is 3.72. The fraction of sp³-hybridized carbons (Fsp3) is 0.471. The van der Waals surface area contributed by atoms with Crippen LogP contribution >= 0.6 is 0 Å². The van der Waals surface area contributed by atoms with E-state index in [0.717, 1.165) is 16.9 Å². The molecule has 0 radical (unpaired) electrons. The minimum atomic E-state index is -0.587. The maximum absolute atomic E-state index is 12.1. The van der Waals surface area contributed by atoms with Gasteiger partial charge in [0.25, 0.3) is 0 Å². The van der Waals surface area contributed by atoms with Crippen molar-refractivity contribution in [2.24, 2.45) is 12.5 Å². The zero-order chi connectivity index (χ0) is 17.2. The summed E-state index contributed by atoms with van der Waals surface area (Å²) in [6, 6.07) is 7.22. The van der Waals surface area contributed by atoms with E-state index in [1.807, 2.05) is 56.7 Å². The van der Waals surface area contributed by atoms with Crippen molar-refractivity contribution in [3.63, 3.8) is 0 Å². The number of nitrogens with zero attached hydrogens (tertiary/aromatic N) is 2. The third kappa shape index (κ3) is 3.88. The summed E-state index contributed by atoms with van der Waals surface area (Å²) in [5.41, 5.74) is 1.39. The summed E-state index contributed by atoms with van der Waals surface area (Å²) < 4.78 is 1.95. The Bertz CT molecular complexity index is 728. The molecule has 6 nitrogen and oxygen atoms in total. The van der Waals surface area contributed by atoms with Crippen molar-refractivity contribution in [1.82, 2.24) is 20.2 Å². The molecular formula is C17H24N4O2. The second kappa shape index (κ2) is 6.40. The summed E-state index contributed by atoms with van der Waals surface area (Å²) in [6.45, 7) is 7.43. The molecule has 2 aromatic rings. The summed E-state index contributed by atoms with van der Waals surface area (Å²) in [5, 5.41) is 5.54. The number of carbonyl (C=O) groups is 2. The molecule has 0 aliphatic rings. The van der Waals surface area contributed by atoms with Crippen molar-refractivity contribution >= 4 is 22.8 Å². The zero-order valence-electron chi connectivity index (χ0n) is 14.3. The number of hydrogen-bond acceptors (Lipinski definition) is 3. The number of para-hydroxylation sites is 2. The molecule has 1 unspecified atom stereocenters. The summed E-state index contributed by atoms with van der Waals surface area (Å²) >= 11 is 0. The summed E-state index contributed by atoms with van der Waals surface area (Å²) in [5.74, 6) is 0.395. The van der Waals surface area contributed by atoms with Crippen LogP contribution in [0.2, 0.25) is 0 Å². The standard InChI is InChI=1S/C17H24N4O2/c1-11(19-16(23)17(2,3)4)15(22)18-10-14-20-12-8-6-7-9-13(12)21(14)5/h6-9,11H,10H2,1-5H3,(H,18,22)(H,19,23). The fourth-order valence-corrected chi connectivity index (χ4v) is 2.15. The molecule has 1 aromatic heterocycles. The molecular weight excluding hydrogens is 292 g/mol. The lowest BCUT2D eigenvalue weighted by molar-refractivity contribution is -0.133. The number of fused-ring (bicyclic) bond motifs is 1. The molecule has 0 aliphatic carbocycles. The third-order valence-corrected chi connectivity index (χ3v) is 3.72. The molecule has 2 amide bonds. The van der Waals surface area contributed by atoms with Crippen molar-refractivity contribution in [2.75, 3.05) is 0 Å². The number of benzene rings is 1. The van der Waals surface area contributed by atoms with Crippen molar-refractivity contribution in [3.8, 4) is 0 Å². The average molecular weight is 316 g/mol. The van der Waals surface area contributed by atoms with E-state index < -0.39 is 11.5 Å². The number of rotatable bonds is 4. The van der Waals surface area contributed by atoms with Gasteiger partial charge in [0.15, 0.2) is 0 Å². The van der Waals surface area contributed by atoms with Crippen LogP contribution in [0.15, 0.2) is 24.3 Å². The van der Waals surface area contributed by atoms with E-state index in [1.54, 1.807) is 6.92 Å². The smallest absolute Gasteiger partial charge is 0.242 e. The second-order valence-corrected chi connectivity index (χ2v) is 6.74. The van der Waals surface area contributed by atoms with Crippen LogP contribution in [0.25, 0.3) is 11.0 Å². The maximum Gasteiger partial charge on any atom is 0.242 e. The van der Waals surface area contributed by atoms with Gasteiger partial charge >= 0.3 is 0 Å². The highest BCUT2D eigenvalue weighted by atomic mass is 16.2. The molecule has 2 rings (SSSR count). The van der Waals surface area contributed by atoms with E-state index in [1.165, 1.54) is 0 Å². The normalized spacial score (nSPS) is 12.9. The molecule has 124 valence electrons. The van der Waals surface area contributed by atoms with Gasteiger partial charge in [-0.2, -0.15) is 0 Å². The number of hydrogen-bond donors (Lipinski definition) is 2. The Balaban J connectivity index is 1.98. The van der Waals surface area contributed by atoms with Crippen molar-refractivity contribution in [1.29, 1.82) is 0 Å². The molecule has 1 heterocycles. The number of nitrogens with one attached hydrogen (secondary N) is 2. The van der Waals surface area contributed by atoms with E-state index in [0.29, 0.717) is 6.54 Å². The van der Waals surface area contributed by atoms with Crippen LogP contribution < -0.4 is 10.6 Å². The van der Waals surface area contributed by atoms with Gasteiger partial charge in [-0.1, -0.05) is 32.9 Å². The van der Waals surface area contributed by atoms with Gasteiger partial charge in [0.05, 0.1) is 17.6 Å². The van der Waals surface area contributed by atoms with Gasteiger partial charge in [-0.15, -0.1) is 0 Å². The fourth-order valence-electron chi connectivity index (χ4n) is 2.15. The number of imidazole rings is 1.